The fourth-order valence-corrected chi connectivity index (χ4v) is 3.34. The second-order valence-electron chi connectivity index (χ2n) is 7.02. The first-order valence-corrected chi connectivity index (χ1v) is 9.02. The lowest BCUT2D eigenvalue weighted by Gasteiger charge is -2.32. The largest absolute Gasteiger partial charge is 0.416 e. The number of aromatic nitrogens is 4. The van der Waals surface area contributed by atoms with Gasteiger partial charge >= 0.3 is 6.18 Å². The first kappa shape index (κ1) is 19.7. The van der Waals surface area contributed by atoms with Crippen molar-refractivity contribution in [1.29, 1.82) is 0 Å². The van der Waals surface area contributed by atoms with Crippen LogP contribution < -0.4 is 10.2 Å². The summed E-state index contributed by atoms with van der Waals surface area (Å²) in [5.74, 6) is -0.919. The molecule has 1 N–H and O–H groups in total. The van der Waals surface area contributed by atoms with E-state index in [1.165, 1.54) is 45.0 Å². The third-order valence-electron chi connectivity index (χ3n) is 4.83. The Morgan fingerprint density at radius 2 is 1.87 bits per heavy atom. The van der Waals surface area contributed by atoms with Gasteiger partial charge in [0.25, 0.3) is 11.8 Å². The number of anilines is 2. The molecule has 1 aromatic carbocycles. The Morgan fingerprint density at radius 3 is 2.47 bits per heavy atom. The summed E-state index contributed by atoms with van der Waals surface area (Å²) >= 11 is 0. The van der Waals surface area contributed by atoms with Crippen LogP contribution in [0.15, 0.2) is 42.9 Å². The van der Waals surface area contributed by atoms with Crippen molar-refractivity contribution in [3.8, 4) is 0 Å². The van der Waals surface area contributed by atoms with Gasteiger partial charge in [0.05, 0.1) is 35.2 Å². The number of halogens is 3. The molecule has 0 saturated carbocycles. The summed E-state index contributed by atoms with van der Waals surface area (Å²) in [6, 6.07) is 4.14. The zero-order chi connectivity index (χ0) is 21.6. The molecule has 11 heteroatoms. The van der Waals surface area contributed by atoms with Crippen molar-refractivity contribution in [3.05, 3.63) is 59.7 Å². The van der Waals surface area contributed by atoms with E-state index in [1.54, 1.807) is 7.05 Å². The third-order valence-corrected chi connectivity index (χ3v) is 4.83. The molecule has 0 unspecified atom stereocenters. The van der Waals surface area contributed by atoms with E-state index >= 15 is 0 Å². The van der Waals surface area contributed by atoms with Crippen LogP contribution in [-0.2, 0) is 13.2 Å². The minimum atomic E-state index is -4.46. The van der Waals surface area contributed by atoms with Gasteiger partial charge in [0, 0.05) is 25.5 Å². The Bertz CT molecular complexity index is 1120. The topological polar surface area (TPSA) is 85.1 Å². The molecule has 0 radical (unpaired) electrons. The molecule has 2 aromatic heterocycles. The average molecular weight is 418 g/mol. The van der Waals surface area contributed by atoms with Gasteiger partial charge in [-0.1, -0.05) is 0 Å². The van der Waals surface area contributed by atoms with Crippen LogP contribution in [0.1, 0.15) is 39.4 Å². The number of alkyl halides is 3. The summed E-state index contributed by atoms with van der Waals surface area (Å²) in [4.78, 5) is 26.9. The molecular formula is C19H17F3N6O2. The van der Waals surface area contributed by atoms with Crippen molar-refractivity contribution in [1.82, 2.24) is 19.6 Å². The zero-order valence-corrected chi connectivity index (χ0v) is 16.0. The molecule has 3 aromatic rings. The van der Waals surface area contributed by atoms with Gasteiger partial charge in [0.15, 0.2) is 5.69 Å². The number of nitrogens with one attached hydrogen (secondary N) is 1. The number of benzene rings is 1. The van der Waals surface area contributed by atoms with Gasteiger partial charge in [0.2, 0.25) is 0 Å². The molecule has 1 aliphatic rings. The highest BCUT2D eigenvalue weighted by atomic mass is 19.4. The van der Waals surface area contributed by atoms with E-state index in [9.17, 15) is 22.8 Å². The maximum Gasteiger partial charge on any atom is 0.416 e. The Morgan fingerprint density at radius 1 is 1.17 bits per heavy atom. The van der Waals surface area contributed by atoms with E-state index in [0.717, 1.165) is 12.1 Å². The Labute approximate surface area is 168 Å². The van der Waals surface area contributed by atoms with Gasteiger partial charge < -0.3 is 10.2 Å². The summed E-state index contributed by atoms with van der Waals surface area (Å²) in [5.41, 5.74) is 0.228. The fraction of sp³-hybridized carbons (Fsp3) is 0.263. The molecule has 2 amide bonds. The number of hydrogen-bond donors (Lipinski definition) is 1. The number of carbonyl (C=O) groups excluding carboxylic acids is 2. The molecule has 0 spiro atoms. The van der Waals surface area contributed by atoms with E-state index in [0.29, 0.717) is 11.3 Å². The highest BCUT2D eigenvalue weighted by Gasteiger charge is 2.35. The maximum absolute atomic E-state index is 13.1. The Kier molecular flexibility index (Phi) is 4.60. The molecule has 8 nitrogen and oxygen atoms in total. The SMILES string of the molecule is C[C@H]1CN(c2ccc(C(F)(F)F)cc2)C(=O)c2c(NC(=O)c3cnn(C)c3)cnn21. The van der Waals surface area contributed by atoms with Crippen molar-refractivity contribution >= 4 is 23.2 Å². The minimum Gasteiger partial charge on any atom is -0.319 e. The molecule has 30 heavy (non-hydrogen) atoms. The first-order valence-electron chi connectivity index (χ1n) is 9.02. The van der Waals surface area contributed by atoms with Crippen LogP contribution in [0.5, 0.6) is 0 Å². The number of carbonyl (C=O) groups is 2. The molecule has 0 fully saturated rings. The summed E-state index contributed by atoms with van der Waals surface area (Å²) in [5, 5.41) is 10.8. The number of rotatable bonds is 3. The summed E-state index contributed by atoms with van der Waals surface area (Å²) in [6.45, 7) is 2.06. The van der Waals surface area contributed by atoms with Gasteiger partial charge in [-0.3, -0.25) is 19.0 Å². The van der Waals surface area contributed by atoms with Crippen molar-refractivity contribution < 1.29 is 22.8 Å². The molecule has 4 rings (SSSR count). The van der Waals surface area contributed by atoms with E-state index in [2.05, 4.69) is 15.5 Å². The highest BCUT2D eigenvalue weighted by molar-refractivity contribution is 6.13. The van der Waals surface area contributed by atoms with Gasteiger partial charge in [-0.05, 0) is 31.2 Å². The molecule has 1 aliphatic heterocycles. The average Bonchev–Trinajstić information content (AvgIpc) is 3.31. The van der Waals surface area contributed by atoms with E-state index in [-0.39, 0.29) is 24.0 Å². The van der Waals surface area contributed by atoms with Gasteiger partial charge in [0.1, 0.15) is 0 Å². The van der Waals surface area contributed by atoms with Crippen molar-refractivity contribution in [2.24, 2.45) is 7.05 Å². The number of amides is 2. The number of nitrogens with zero attached hydrogens (tertiary/aromatic N) is 5. The fourth-order valence-electron chi connectivity index (χ4n) is 3.34. The number of hydrogen-bond acceptors (Lipinski definition) is 4. The first-order chi connectivity index (χ1) is 14.1. The predicted molar refractivity (Wildman–Crippen MR) is 101 cm³/mol. The molecular weight excluding hydrogens is 401 g/mol. The molecule has 3 heterocycles. The Hall–Kier alpha value is -3.63. The Balaban J connectivity index is 1.63. The van der Waals surface area contributed by atoms with Crippen LogP contribution in [0.3, 0.4) is 0 Å². The van der Waals surface area contributed by atoms with Crippen LogP contribution in [0.2, 0.25) is 0 Å². The van der Waals surface area contributed by atoms with E-state index < -0.39 is 23.6 Å². The van der Waals surface area contributed by atoms with Crippen molar-refractivity contribution in [2.75, 3.05) is 16.8 Å². The molecule has 156 valence electrons. The zero-order valence-electron chi connectivity index (χ0n) is 16.0. The van der Waals surface area contributed by atoms with E-state index in [4.69, 9.17) is 0 Å². The lowest BCUT2D eigenvalue weighted by Crippen LogP contribution is -2.43. The quantitative estimate of drug-likeness (QED) is 0.708. The molecule has 0 bridgehead atoms. The summed E-state index contributed by atoms with van der Waals surface area (Å²) in [6.07, 6.45) is -0.150. The smallest absolute Gasteiger partial charge is 0.319 e. The minimum absolute atomic E-state index is 0.158. The van der Waals surface area contributed by atoms with E-state index in [1.807, 2.05) is 6.92 Å². The van der Waals surface area contributed by atoms with Crippen molar-refractivity contribution in [2.45, 2.75) is 19.1 Å². The third kappa shape index (κ3) is 3.42. The predicted octanol–water partition coefficient (Wildman–Crippen LogP) is 3.11. The lowest BCUT2D eigenvalue weighted by atomic mass is 10.1. The molecule has 1 atom stereocenters. The number of aryl methyl sites for hydroxylation is 1. The van der Waals surface area contributed by atoms with Crippen LogP contribution in [0.25, 0.3) is 0 Å². The second-order valence-corrected chi connectivity index (χ2v) is 7.02. The normalized spacial score (nSPS) is 16.5. The van der Waals surface area contributed by atoms with Crippen LogP contribution in [0, 0.1) is 0 Å². The molecule has 0 aliphatic carbocycles. The lowest BCUT2D eigenvalue weighted by molar-refractivity contribution is -0.137. The number of fused-ring (bicyclic) bond motifs is 1. The van der Waals surface area contributed by atoms with Crippen LogP contribution in [-0.4, -0.2) is 37.9 Å². The highest BCUT2D eigenvalue weighted by Crippen LogP contribution is 2.33. The monoisotopic (exact) mass is 418 g/mol. The van der Waals surface area contributed by atoms with Gasteiger partial charge in [-0.2, -0.15) is 23.4 Å². The summed E-state index contributed by atoms with van der Waals surface area (Å²) < 4.78 is 41.5. The second kappa shape index (κ2) is 7.01. The maximum atomic E-state index is 13.1. The molecule has 0 saturated heterocycles. The summed E-state index contributed by atoms with van der Waals surface area (Å²) in [7, 11) is 1.67. The van der Waals surface area contributed by atoms with Gasteiger partial charge in [-0.25, -0.2) is 0 Å². The van der Waals surface area contributed by atoms with Crippen molar-refractivity contribution in [3.63, 3.8) is 0 Å². The van der Waals surface area contributed by atoms with Crippen LogP contribution >= 0.6 is 0 Å². The standard InChI is InChI=1S/C19H17F3N6O2/c1-11-9-27(14-5-3-13(4-6-14)19(20,21)22)18(30)16-15(8-24-28(11)16)25-17(29)12-7-23-26(2)10-12/h3-8,10-11H,9H2,1-2H3,(H,25,29)/t11-/m0/s1. The van der Waals surface area contributed by atoms with Gasteiger partial charge in [-0.15, -0.1) is 0 Å². The van der Waals surface area contributed by atoms with Crippen LogP contribution in [0.4, 0.5) is 24.5 Å².